The number of hydrogen-bond donors (Lipinski definition) is 2. The van der Waals surface area contributed by atoms with Crippen LogP contribution in [0, 0.1) is 11.8 Å². The Bertz CT molecular complexity index is 507. The molecule has 2 N–H and O–H groups in total. The maximum absolute atomic E-state index is 12.5. The van der Waals surface area contributed by atoms with Crippen molar-refractivity contribution >= 4 is 18.0 Å². The number of aliphatic carboxylic acids is 1. The molecule has 9 nitrogen and oxygen atoms in total. The van der Waals surface area contributed by atoms with Gasteiger partial charge in [0, 0.05) is 39.5 Å². The monoisotopic (exact) mass is 433 g/mol. The molecule has 0 radical (unpaired) electrons. The second-order valence-electron chi connectivity index (χ2n) is 7.64. The third-order valence-electron chi connectivity index (χ3n) is 4.46. The van der Waals surface area contributed by atoms with Crippen molar-refractivity contribution in [2.45, 2.75) is 85.7 Å². The molecule has 1 rings (SSSR count). The van der Waals surface area contributed by atoms with Gasteiger partial charge in [0.05, 0.1) is 0 Å². The molecule has 0 aromatic rings. The van der Waals surface area contributed by atoms with Gasteiger partial charge in [-0.15, -0.1) is 0 Å². The fourth-order valence-electron chi connectivity index (χ4n) is 2.99. The first-order valence-electron chi connectivity index (χ1n) is 10.7. The van der Waals surface area contributed by atoms with Gasteiger partial charge in [0.15, 0.2) is 0 Å². The zero-order chi connectivity index (χ0) is 23.2. The average molecular weight is 434 g/mol. The van der Waals surface area contributed by atoms with Crippen LogP contribution in [0.4, 0.5) is 4.79 Å². The lowest BCUT2D eigenvalue weighted by Crippen LogP contribution is -2.46. The number of hydrogen-bond acceptors (Lipinski definition) is 7. The number of carbonyl (C=O) groups is 3. The van der Waals surface area contributed by atoms with Crippen LogP contribution in [-0.2, 0) is 28.5 Å². The minimum absolute atomic E-state index is 0.202. The van der Waals surface area contributed by atoms with Crippen molar-refractivity contribution in [1.29, 1.82) is 0 Å². The molecular weight excluding hydrogens is 394 g/mol. The molecule has 0 aromatic heterocycles. The molecule has 30 heavy (non-hydrogen) atoms. The van der Waals surface area contributed by atoms with Crippen LogP contribution in [0.1, 0.15) is 73.6 Å². The highest BCUT2D eigenvalue weighted by molar-refractivity contribution is 5.77. The van der Waals surface area contributed by atoms with E-state index in [9.17, 15) is 9.59 Å². The minimum atomic E-state index is -1.52. The van der Waals surface area contributed by atoms with Crippen molar-refractivity contribution in [3.63, 3.8) is 0 Å². The Labute approximate surface area is 179 Å². The molecule has 1 saturated carbocycles. The number of rotatable bonds is 10. The van der Waals surface area contributed by atoms with E-state index in [4.69, 9.17) is 28.8 Å². The number of carboxylic acid groups (broad SMARTS) is 1. The van der Waals surface area contributed by atoms with Gasteiger partial charge in [0.2, 0.25) is 0 Å². The number of nitrogens with one attached hydrogen (secondary N) is 1. The third-order valence-corrected chi connectivity index (χ3v) is 4.46. The summed E-state index contributed by atoms with van der Waals surface area (Å²) in [5, 5.41) is 10.2. The van der Waals surface area contributed by atoms with Crippen LogP contribution in [-0.4, -0.2) is 55.0 Å². The van der Waals surface area contributed by atoms with Gasteiger partial charge in [-0.05, 0) is 32.6 Å². The number of ether oxygens (including phenoxy) is 4. The third kappa shape index (κ3) is 12.0. The number of esters is 1. The molecule has 1 atom stereocenters. The average Bonchev–Trinajstić information content (AvgIpc) is 2.66. The van der Waals surface area contributed by atoms with Gasteiger partial charge in [-0.1, -0.05) is 33.1 Å². The Hall–Kier alpha value is -1.87. The summed E-state index contributed by atoms with van der Waals surface area (Å²) in [5.74, 6) is -2.76. The highest BCUT2D eigenvalue weighted by Gasteiger charge is 2.39. The summed E-state index contributed by atoms with van der Waals surface area (Å²) < 4.78 is 21.5. The molecule has 0 heterocycles. The molecule has 9 heteroatoms. The highest BCUT2D eigenvalue weighted by atomic mass is 16.8. The summed E-state index contributed by atoms with van der Waals surface area (Å²) in [6.45, 7) is 10.9. The van der Waals surface area contributed by atoms with Crippen LogP contribution in [0.25, 0.3) is 0 Å². The molecule has 1 unspecified atom stereocenters. The fourth-order valence-corrected chi connectivity index (χ4v) is 2.99. The molecule has 0 aromatic carbocycles. The summed E-state index contributed by atoms with van der Waals surface area (Å²) >= 11 is 0. The first-order valence-corrected chi connectivity index (χ1v) is 10.7. The summed E-state index contributed by atoms with van der Waals surface area (Å²) in [5.41, 5.74) is 0. The van der Waals surface area contributed by atoms with E-state index >= 15 is 0 Å². The van der Waals surface area contributed by atoms with Gasteiger partial charge in [0.25, 0.3) is 18.0 Å². The van der Waals surface area contributed by atoms with E-state index in [2.05, 4.69) is 5.32 Å². The molecule has 1 amide bonds. The second-order valence-corrected chi connectivity index (χ2v) is 7.64. The van der Waals surface area contributed by atoms with E-state index in [1.54, 1.807) is 13.8 Å². The largest absolute Gasteiger partial charge is 0.481 e. The van der Waals surface area contributed by atoms with Crippen LogP contribution in [0.2, 0.25) is 0 Å². The van der Waals surface area contributed by atoms with Crippen molar-refractivity contribution in [3.8, 4) is 0 Å². The predicted octanol–water partition coefficient (Wildman–Crippen LogP) is 3.70. The zero-order valence-corrected chi connectivity index (χ0v) is 19.2. The van der Waals surface area contributed by atoms with E-state index in [1.165, 1.54) is 26.2 Å². The Morgan fingerprint density at radius 3 is 1.97 bits per heavy atom. The molecule has 1 aliphatic rings. The van der Waals surface area contributed by atoms with E-state index in [0.717, 1.165) is 19.8 Å². The summed E-state index contributed by atoms with van der Waals surface area (Å²) in [6, 6.07) is 0. The Morgan fingerprint density at radius 2 is 1.53 bits per heavy atom. The first-order chi connectivity index (χ1) is 14.1. The maximum Gasteiger partial charge on any atom is 0.410 e. The molecular formula is C21H39NO8. The smallest absolute Gasteiger partial charge is 0.410 e. The number of alkyl carbamates (subject to hydrolysis) is 1. The summed E-state index contributed by atoms with van der Waals surface area (Å²) in [7, 11) is 0. The van der Waals surface area contributed by atoms with E-state index in [-0.39, 0.29) is 5.92 Å². The Kier molecular flexibility index (Phi) is 14.1. The van der Waals surface area contributed by atoms with Gasteiger partial charge < -0.3 is 29.4 Å². The molecule has 1 fully saturated rings. The van der Waals surface area contributed by atoms with Crippen LogP contribution in [0.3, 0.4) is 0 Å². The van der Waals surface area contributed by atoms with E-state index < -0.39 is 30.1 Å². The molecule has 0 saturated heterocycles. The highest BCUT2D eigenvalue weighted by Crippen LogP contribution is 2.23. The fraction of sp³-hybridized carbons (Fsp3) is 0.857. The minimum Gasteiger partial charge on any atom is -0.481 e. The van der Waals surface area contributed by atoms with E-state index in [0.29, 0.717) is 25.7 Å². The summed E-state index contributed by atoms with van der Waals surface area (Å²) in [4.78, 5) is 33.6. The second kappa shape index (κ2) is 15.0. The number of carboxylic acids is 1. The van der Waals surface area contributed by atoms with Crippen LogP contribution in [0.5, 0.6) is 0 Å². The Morgan fingerprint density at radius 1 is 1.03 bits per heavy atom. The zero-order valence-electron chi connectivity index (χ0n) is 19.2. The lowest BCUT2D eigenvalue weighted by atomic mass is 9.89. The standard InChI is InChI=1S/C19H35NO6.C2H4O2/c1-6-23-19(5,24-7-2)17(21)25-16(14(3)4)26-18(22)20-13-15-11-9-8-10-12-15;1-2(3)4/h14-16H,6-13H2,1-5H3,(H,20,22);1H3,(H,3,4). The molecule has 0 bridgehead atoms. The number of amides is 1. The van der Waals surface area contributed by atoms with Crippen molar-refractivity contribution in [3.05, 3.63) is 0 Å². The molecule has 0 aliphatic heterocycles. The van der Waals surface area contributed by atoms with Crippen molar-refractivity contribution < 1.29 is 38.4 Å². The van der Waals surface area contributed by atoms with Gasteiger partial charge >= 0.3 is 12.1 Å². The van der Waals surface area contributed by atoms with E-state index in [1.807, 2.05) is 13.8 Å². The van der Waals surface area contributed by atoms with Crippen LogP contribution in [0.15, 0.2) is 0 Å². The topological polar surface area (TPSA) is 120 Å². The molecule has 176 valence electrons. The molecule has 1 aliphatic carbocycles. The van der Waals surface area contributed by atoms with Crippen molar-refractivity contribution in [2.24, 2.45) is 11.8 Å². The summed E-state index contributed by atoms with van der Waals surface area (Å²) in [6.07, 6.45) is 4.37. The SMILES string of the molecule is CC(=O)O.CCOC(C)(OCC)C(=O)OC(OC(=O)NCC1CCCCC1)C(C)C. The van der Waals surface area contributed by atoms with Gasteiger partial charge in [-0.2, -0.15) is 0 Å². The quantitative estimate of drug-likeness (QED) is 0.395. The van der Waals surface area contributed by atoms with Gasteiger partial charge in [-0.25, -0.2) is 9.59 Å². The molecule has 0 spiro atoms. The lowest BCUT2D eigenvalue weighted by molar-refractivity contribution is -0.253. The van der Waals surface area contributed by atoms with Crippen molar-refractivity contribution in [1.82, 2.24) is 5.32 Å². The maximum atomic E-state index is 12.5. The van der Waals surface area contributed by atoms with Crippen LogP contribution >= 0.6 is 0 Å². The predicted molar refractivity (Wildman–Crippen MR) is 111 cm³/mol. The van der Waals surface area contributed by atoms with Gasteiger partial charge in [0.1, 0.15) is 0 Å². The normalized spacial score (nSPS) is 15.6. The Balaban J connectivity index is 0.00000192. The first kappa shape index (κ1) is 28.1. The van der Waals surface area contributed by atoms with Crippen LogP contribution < -0.4 is 5.32 Å². The van der Waals surface area contributed by atoms with Crippen molar-refractivity contribution in [2.75, 3.05) is 19.8 Å². The van der Waals surface area contributed by atoms with Gasteiger partial charge in [-0.3, -0.25) is 4.79 Å². The number of carbonyl (C=O) groups excluding carboxylic acids is 2. The lowest BCUT2D eigenvalue weighted by Gasteiger charge is -2.30.